The summed E-state index contributed by atoms with van der Waals surface area (Å²) >= 11 is 0. The number of hydrogen-bond donors (Lipinski definition) is 3. The maximum atomic E-state index is 14.3. The van der Waals surface area contributed by atoms with E-state index in [0.717, 1.165) is 10.7 Å². The Bertz CT molecular complexity index is 989. The van der Waals surface area contributed by atoms with Crippen LogP contribution in [0.3, 0.4) is 0 Å². The number of carbonyl (C=O) groups is 2. The zero-order valence-electron chi connectivity index (χ0n) is 18.1. The first-order chi connectivity index (χ1) is 15.4. The van der Waals surface area contributed by atoms with Crippen molar-refractivity contribution < 1.29 is 36.6 Å². The minimum absolute atomic E-state index is 0.0500. The topological polar surface area (TPSA) is 123 Å². The Kier molecular flexibility index (Phi) is 7.12. The predicted octanol–water partition coefficient (Wildman–Crippen LogP) is 3.06. The van der Waals surface area contributed by atoms with Gasteiger partial charge in [-0.2, -0.15) is 18.3 Å². The van der Waals surface area contributed by atoms with Gasteiger partial charge in [-0.15, -0.1) is 5.10 Å². The van der Waals surface area contributed by atoms with Crippen LogP contribution in [-0.2, 0) is 11.8 Å². The van der Waals surface area contributed by atoms with Crippen LogP contribution in [0.5, 0.6) is 5.88 Å². The minimum Gasteiger partial charge on any atom is -0.467 e. The van der Waals surface area contributed by atoms with Crippen molar-refractivity contribution in [3.8, 4) is 5.88 Å². The minimum atomic E-state index is -4.54. The van der Waals surface area contributed by atoms with E-state index in [9.17, 15) is 27.2 Å². The van der Waals surface area contributed by atoms with Gasteiger partial charge in [0, 0.05) is 36.8 Å². The van der Waals surface area contributed by atoms with E-state index in [0.29, 0.717) is 5.69 Å². The van der Waals surface area contributed by atoms with Crippen LogP contribution in [0.4, 0.5) is 28.2 Å². The van der Waals surface area contributed by atoms with Gasteiger partial charge in [0.1, 0.15) is 18.0 Å². The summed E-state index contributed by atoms with van der Waals surface area (Å²) in [4.78, 5) is 24.2. The number of rotatable bonds is 7. The van der Waals surface area contributed by atoms with E-state index in [2.05, 4.69) is 30.7 Å². The number of amides is 2. The number of nitrogens with zero attached hydrogens (tertiary/aromatic N) is 3. The predicted molar refractivity (Wildman–Crippen MR) is 107 cm³/mol. The van der Waals surface area contributed by atoms with E-state index in [1.54, 1.807) is 13.8 Å². The lowest BCUT2D eigenvalue weighted by atomic mass is 10.0. The van der Waals surface area contributed by atoms with Crippen LogP contribution in [0, 0.1) is 0 Å². The first kappa shape index (κ1) is 24.3. The lowest BCUT2D eigenvalue weighted by Crippen LogP contribution is -2.35. The maximum Gasteiger partial charge on any atom is 0.422 e. The van der Waals surface area contributed by atoms with E-state index in [4.69, 9.17) is 4.74 Å². The number of carbonyl (C=O) groups excluding carboxylic acids is 2. The molecule has 14 heteroatoms. The number of alkyl carbamates (subject to hydrolysis) is 1. The Balaban J connectivity index is 1.58. The number of alkyl halides is 4. The molecule has 0 aliphatic heterocycles. The van der Waals surface area contributed by atoms with Crippen molar-refractivity contribution in [2.24, 2.45) is 7.05 Å². The highest BCUT2D eigenvalue weighted by Gasteiger charge is 2.39. The number of nitrogens with one attached hydrogen (secondary N) is 3. The quantitative estimate of drug-likeness (QED) is 0.528. The van der Waals surface area contributed by atoms with E-state index < -0.39 is 37.1 Å². The molecule has 1 fully saturated rings. The van der Waals surface area contributed by atoms with E-state index in [-0.39, 0.29) is 42.2 Å². The molecule has 10 nitrogen and oxygen atoms in total. The maximum absolute atomic E-state index is 14.3. The molecule has 1 aliphatic rings. The Morgan fingerprint density at radius 1 is 1.30 bits per heavy atom. The molecule has 2 heterocycles. The van der Waals surface area contributed by atoms with E-state index in [1.165, 1.54) is 13.1 Å². The van der Waals surface area contributed by atoms with Crippen molar-refractivity contribution in [3.63, 3.8) is 0 Å². The molecule has 0 saturated heterocycles. The largest absolute Gasteiger partial charge is 0.467 e. The summed E-state index contributed by atoms with van der Waals surface area (Å²) < 4.78 is 62.0. The molecule has 33 heavy (non-hydrogen) atoms. The molecule has 1 saturated carbocycles. The fraction of sp³-hybridized carbons (Fsp3) is 0.579. The van der Waals surface area contributed by atoms with E-state index in [1.807, 2.05) is 0 Å². The Morgan fingerprint density at radius 3 is 2.70 bits per heavy atom. The number of halogens is 4. The monoisotopic (exact) mass is 476 g/mol. The summed E-state index contributed by atoms with van der Waals surface area (Å²) in [6, 6.07) is 2.45. The fourth-order valence-electron chi connectivity index (χ4n) is 3.40. The zero-order valence-corrected chi connectivity index (χ0v) is 18.1. The van der Waals surface area contributed by atoms with Crippen molar-refractivity contribution >= 4 is 17.8 Å². The smallest absolute Gasteiger partial charge is 0.422 e. The number of aromatic amines is 1. The van der Waals surface area contributed by atoms with Crippen LogP contribution >= 0.6 is 0 Å². The van der Waals surface area contributed by atoms with Crippen molar-refractivity contribution in [3.05, 3.63) is 23.5 Å². The molecule has 182 valence electrons. The van der Waals surface area contributed by atoms with Crippen molar-refractivity contribution in [1.82, 2.24) is 25.3 Å². The van der Waals surface area contributed by atoms with E-state index >= 15 is 0 Å². The van der Waals surface area contributed by atoms with Crippen LogP contribution in [-0.4, -0.2) is 63.1 Å². The molecule has 2 aromatic heterocycles. The van der Waals surface area contributed by atoms with Crippen LogP contribution in [0.1, 0.15) is 48.8 Å². The second-order valence-electron chi connectivity index (χ2n) is 7.99. The molecule has 1 aliphatic carbocycles. The first-order valence-electron chi connectivity index (χ1n) is 10.1. The highest BCUT2D eigenvalue weighted by Crippen LogP contribution is 2.37. The molecule has 3 N–H and O–H groups in total. The molecule has 0 bridgehead atoms. The normalized spacial score (nSPS) is 20.7. The average Bonchev–Trinajstić information content (AvgIpc) is 3.38. The lowest BCUT2D eigenvalue weighted by Gasteiger charge is -2.16. The second-order valence-corrected chi connectivity index (χ2v) is 7.99. The Morgan fingerprint density at radius 2 is 2.03 bits per heavy atom. The van der Waals surface area contributed by atoms with Crippen LogP contribution in [0.2, 0.25) is 0 Å². The zero-order chi connectivity index (χ0) is 24.3. The van der Waals surface area contributed by atoms with Crippen LogP contribution in [0.15, 0.2) is 12.1 Å². The summed E-state index contributed by atoms with van der Waals surface area (Å²) in [6.07, 6.45) is -7.13. The first-order valence-corrected chi connectivity index (χ1v) is 10.1. The van der Waals surface area contributed by atoms with Gasteiger partial charge in [-0.1, -0.05) is 0 Å². The summed E-state index contributed by atoms with van der Waals surface area (Å²) in [7, 11) is 1.38. The van der Waals surface area contributed by atoms with Crippen LogP contribution < -0.4 is 15.4 Å². The van der Waals surface area contributed by atoms with Crippen LogP contribution in [0.25, 0.3) is 0 Å². The third-order valence-electron chi connectivity index (χ3n) is 4.85. The number of aromatic nitrogens is 4. The molecular weight excluding hydrogens is 452 g/mol. The summed E-state index contributed by atoms with van der Waals surface area (Å²) in [5.41, 5.74) is 0.494. The van der Waals surface area contributed by atoms with Crippen molar-refractivity contribution in [1.29, 1.82) is 0 Å². The van der Waals surface area contributed by atoms with Gasteiger partial charge in [-0.25, -0.2) is 9.18 Å². The lowest BCUT2D eigenvalue weighted by molar-refractivity contribution is -0.154. The molecule has 2 aromatic rings. The van der Waals surface area contributed by atoms with Gasteiger partial charge in [0.05, 0.1) is 0 Å². The van der Waals surface area contributed by atoms with Crippen molar-refractivity contribution in [2.45, 2.75) is 57.1 Å². The number of aryl methyl sites for hydroxylation is 1. The van der Waals surface area contributed by atoms with Gasteiger partial charge in [-0.3, -0.25) is 14.6 Å². The number of ether oxygens (including phenoxy) is 2. The number of hydrogen-bond acceptors (Lipinski definition) is 6. The average molecular weight is 476 g/mol. The summed E-state index contributed by atoms with van der Waals surface area (Å²) in [5.74, 6) is -1.21. The molecule has 0 spiro atoms. The third kappa shape index (κ3) is 6.58. The highest BCUT2D eigenvalue weighted by atomic mass is 19.4. The number of anilines is 1. The van der Waals surface area contributed by atoms with Gasteiger partial charge >= 0.3 is 12.3 Å². The molecule has 0 aromatic carbocycles. The molecule has 3 atom stereocenters. The highest BCUT2D eigenvalue weighted by molar-refractivity contribution is 6.02. The number of H-pyrrole nitrogens is 1. The van der Waals surface area contributed by atoms with Gasteiger partial charge < -0.3 is 20.1 Å². The van der Waals surface area contributed by atoms with Gasteiger partial charge in [-0.05, 0) is 26.7 Å². The SMILES string of the molecule is CC(C)NC(=O)O[C@H]1C[C@@H](c2cc(NC(=O)c3cc(OCC(F)(F)F)nn3C)n[nH]2)C[C@H]1F. The molecule has 0 radical (unpaired) electrons. The summed E-state index contributed by atoms with van der Waals surface area (Å²) in [6.45, 7) is 1.98. The Hall–Kier alpha value is -3.32. The second kappa shape index (κ2) is 9.67. The Labute approximate surface area is 186 Å². The molecule has 3 rings (SSSR count). The van der Waals surface area contributed by atoms with Gasteiger partial charge in [0.2, 0.25) is 5.88 Å². The fourth-order valence-corrected chi connectivity index (χ4v) is 3.40. The standard InChI is InChI=1S/C19H24F4N6O4/c1-9(2)24-18(31)33-14-5-10(4-11(14)20)12-6-15(27-26-12)25-17(30)13-7-16(28-29(13)3)32-8-19(21,22)23/h6-7,9-11,14H,4-5,8H2,1-3H3,(H,24,31)(H2,25,26,27,30)/t10-,11+,14-/m0/s1. The van der Waals surface area contributed by atoms with Crippen molar-refractivity contribution in [2.75, 3.05) is 11.9 Å². The van der Waals surface area contributed by atoms with Gasteiger partial charge in [0.25, 0.3) is 5.91 Å². The molecule has 0 unspecified atom stereocenters. The summed E-state index contributed by atoms with van der Waals surface area (Å²) in [5, 5.41) is 15.5. The van der Waals surface area contributed by atoms with Gasteiger partial charge in [0.15, 0.2) is 12.4 Å². The third-order valence-corrected chi connectivity index (χ3v) is 4.85. The molecule has 2 amide bonds. The molecular formula is C19H24F4N6O4.